The van der Waals surface area contributed by atoms with Crippen LogP contribution in [-0.2, 0) is 0 Å². The van der Waals surface area contributed by atoms with E-state index in [1.54, 1.807) is 30.3 Å². The maximum atomic E-state index is 12.3. The maximum Gasteiger partial charge on any atom is 0.251 e. The van der Waals surface area contributed by atoms with Crippen LogP contribution in [0.15, 0.2) is 54.6 Å². The van der Waals surface area contributed by atoms with Gasteiger partial charge in [0, 0.05) is 30.1 Å². The number of hydrogen-bond acceptors (Lipinski definition) is 5. The molecule has 0 spiro atoms. The Morgan fingerprint density at radius 3 is 2.54 bits per heavy atom. The minimum Gasteiger partial charge on any atom is -0.457 e. The van der Waals surface area contributed by atoms with Gasteiger partial charge in [0.15, 0.2) is 0 Å². The minimum absolute atomic E-state index is 0.0858. The lowest BCUT2D eigenvalue weighted by atomic mass is 10.2. The molecule has 3 N–H and O–H groups in total. The summed E-state index contributed by atoms with van der Waals surface area (Å²) in [5.41, 5.74) is 7.26. The van der Waals surface area contributed by atoms with Gasteiger partial charge in [0.25, 0.3) is 5.91 Å². The highest BCUT2D eigenvalue weighted by Gasteiger charge is 2.09. The number of nitrogens with one attached hydrogen (secondary N) is 1. The van der Waals surface area contributed by atoms with Crippen LogP contribution in [0.1, 0.15) is 24.2 Å². The number of nitrogen functional groups attached to an aromatic ring is 1. The Morgan fingerprint density at radius 2 is 1.82 bits per heavy atom. The van der Waals surface area contributed by atoms with Crippen molar-refractivity contribution in [1.29, 1.82) is 0 Å². The van der Waals surface area contributed by atoms with E-state index in [9.17, 15) is 4.79 Å². The number of aromatic nitrogens is 1. The summed E-state index contributed by atoms with van der Waals surface area (Å²) in [4.78, 5) is 18.9. The molecule has 6 heteroatoms. The normalized spacial score (nSPS) is 11.0. The Kier molecular flexibility index (Phi) is 6.45. The van der Waals surface area contributed by atoms with Crippen molar-refractivity contribution >= 4 is 22.6 Å². The number of amides is 1. The highest BCUT2D eigenvalue weighted by atomic mass is 16.5. The third-order valence-electron chi connectivity index (χ3n) is 4.65. The molecule has 0 bridgehead atoms. The van der Waals surface area contributed by atoms with Crippen LogP contribution in [0.4, 0.5) is 5.82 Å². The molecular formula is C22H26N4O2. The Bertz CT molecular complexity index is 937. The first-order valence-corrected chi connectivity index (χ1v) is 9.54. The predicted molar refractivity (Wildman–Crippen MR) is 113 cm³/mol. The van der Waals surface area contributed by atoms with Gasteiger partial charge in [0.2, 0.25) is 0 Å². The number of carbonyl (C=O) groups excluding carboxylic acids is 1. The van der Waals surface area contributed by atoms with E-state index in [0.717, 1.165) is 30.5 Å². The summed E-state index contributed by atoms with van der Waals surface area (Å²) < 4.78 is 5.99. The van der Waals surface area contributed by atoms with E-state index in [1.165, 1.54) is 0 Å². The van der Waals surface area contributed by atoms with Crippen molar-refractivity contribution in [3.8, 4) is 11.5 Å². The zero-order valence-electron chi connectivity index (χ0n) is 16.3. The summed E-state index contributed by atoms with van der Waals surface area (Å²) in [5, 5.41) is 3.84. The molecule has 0 unspecified atom stereocenters. The monoisotopic (exact) mass is 378 g/mol. The van der Waals surface area contributed by atoms with Gasteiger partial charge < -0.3 is 20.7 Å². The lowest BCUT2D eigenvalue weighted by molar-refractivity contribution is 0.0949. The van der Waals surface area contributed by atoms with E-state index < -0.39 is 0 Å². The SMILES string of the molecule is CCN(CC)CCNC(=O)c1ccc(Oc2cc(N)nc3ccccc23)cc1. The topological polar surface area (TPSA) is 80.5 Å². The van der Waals surface area contributed by atoms with E-state index in [-0.39, 0.29) is 5.91 Å². The van der Waals surface area contributed by atoms with Gasteiger partial charge in [-0.1, -0.05) is 26.0 Å². The number of hydrogen-bond donors (Lipinski definition) is 2. The molecule has 1 aromatic heterocycles. The third-order valence-corrected chi connectivity index (χ3v) is 4.65. The molecular weight excluding hydrogens is 352 g/mol. The summed E-state index contributed by atoms with van der Waals surface area (Å²) in [6, 6.07) is 16.5. The number of fused-ring (bicyclic) bond motifs is 1. The van der Waals surface area contributed by atoms with Crippen LogP contribution in [0.2, 0.25) is 0 Å². The van der Waals surface area contributed by atoms with E-state index in [4.69, 9.17) is 10.5 Å². The maximum absolute atomic E-state index is 12.3. The summed E-state index contributed by atoms with van der Waals surface area (Å²) >= 11 is 0. The van der Waals surface area contributed by atoms with Crippen LogP contribution in [-0.4, -0.2) is 42.0 Å². The number of carbonyl (C=O) groups is 1. The standard InChI is InChI=1S/C22H26N4O2/c1-3-26(4-2)14-13-24-22(27)16-9-11-17(12-10-16)28-20-15-21(23)25-19-8-6-5-7-18(19)20/h5-12,15H,3-4,13-14H2,1-2H3,(H2,23,25)(H,24,27). The van der Waals surface area contributed by atoms with Crippen molar-refractivity contribution in [2.24, 2.45) is 0 Å². The fourth-order valence-corrected chi connectivity index (χ4v) is 3.02. The van der Waals surface area contributed by atoms with Crippen LogP contribution < -0.4 is 15.8 Å². The number of nitrogens with zero attached hydrogens (tertiary/aromatic N) is 2. The van der Waals surface area contributed by atoms with Crippen molar-refractivity contribution in [3.05, 3.63) is 60.2 Å². The second-order valence-electron chi connectivity index (χ2n) is 6.47. The molecule has 1 amide bonds. The number of pyridine rings is 1. The van der Waals surface area contributed by atoms with Gasteiger partial charge in [-0.2, -0.15) is 0 Å². The number of rotatable bonds is 8. The molecule has 6 nitrogen and oxygen atoms in total. The first kappa shape index (κ1) is 19.6. The van der Waals surface area contributed by atoms with Gasteiger partial charge in [0.1, 0.15) is 17.3 Å². The molecule has 0 fully saturated rings. The van der Waals surface area contributed by atoms with Crippen molar-refractivity contribution in [2.45, 2.75) is 13.8 Å². The van der Waals surface area contributed by atoms with Gasteiger partial charge in [-0.3, -0.25) is 4.79 Å². The van der Waals surface area contributed by atoms with Crippen LogP contribution >= 0.6 is 0 Å². The van der Waals surface area contributed by atoms with E-state index in [2.05, 4.69) is 29.0 Å². The Labute approximate surface area is 165 Å². The van der Waals surface area contributed by atoms with Crippen molar-refractivity contribution < 1.29 is 9.53 Å². The fraction of sp³-hybridized carbons (Fsp3) is 0.273. The van der Waals surface area contributed by atoms with Crippen LogP contribution in [0.25, 0.3) is 10.9 Å². The molecule has 3 rings (SSSR count). The lowest BCUT2D eigenvalue weighted by Gasteiger charge is -2.18. The number of benzene rings is 2. The molecule has 0 atom stereocenters. The number of anilines is 1. The van der Waals surface area contributed by atoms with Crippen molar-refractivity contribution in [3.63, 3.8) is 0 Å². The molecule has 2 aromatic carbocycles. The number of nitrogens with two attached hydrogens (primary N) is 1. The largest absolute Gasteiger partial charge is 0.457 e. The van der Waals surface area contributed by atoms with Gasteiger partial charge >= 0.3 is 0 Å². The fourth-order valence-electron chi connectivity index (χ4n) is 3.02. The van der Waals surface area contributed by atoms with Gasteiger partial charge in [0.05, 0.1) is 5.52 Å². The highest BCUT2D eigenvalue weighted by molar-refractivity contribution is 5.94. The van der Waals surface area contributed by atoms with E-state index in [0.29, 0.717) is 29.4 Å². The number of likely N-dealkylation sites (N-methyl/N-ethyl adjacent to an activating group) is 1. The molecule has 0 aliphatic rings. The third kappa shape index (κ3) is 4.78. The second-order valence-corrected chi connectivity index (χ2v) is 6.47. The second kappa shape index (κ2) is 9.19. The molecule has 0 aliphatic heterocycles. The Balaban J connectivity index is 1.66. The summed E-state index contributed by atoms with van der Waals surface area (Å²) in [6.07, 6.45) is 0. The molecule has 28 heavy (non-hydrogen) atoms. The van der Waals surface area contributed by atoms with Crippen molar-refractivity contribution in [1.82, 2.24) is 15.2 Å². The summed E-state index contributed by atoms with van der Waals surface area (Å²) in [5.74, 6) is 1.59. The van der Waals surface area contributed by atoms with Gasteiger partial charge in [-0.25, -0.2) is 4.98 Å². The lowest BCUT2D eigenvalue weighted by Crippen LogP contribution is -2.34. The van der Waals surface area contributed by atoms with Crippen LogP contribution in [0.3, 0.4) is 0 Å². The first-order valence-electron chi connectivity index (χ1n) is 9.54. The molecule has 0 saturated carbocycles. The molecule has 0 saturated heterocycles. The molecule has 1 heterocycles. The Hall–Kier alpha value is -3.12. The van der Waals surface area contributed by atoms with Crippen LogP contribution in [0.5, 0.6) is 11.5 Å². The van der Waals surface area contributed by atoms with Gasteiger partial charge in [-0.15, -0.1) is 0 Å². The predicted octanol–water partition coefficient (Wildman–Crippen LogP) is 3.68. The Morgan fingerprint density at radius 1 is 1.11 bits per heavy atom. The van der Waals surface area contributed by atoms with Gasteiger partial charge in [-0.05, 0) is 49.5 Å². The summed E-state index contributed by atoms with van der Waals surface area (Å²) in [6.45, 7) is 7.66. The van der Waals surface area contributed by atoms with E-state index >= 15 is 0 Å². The van der Waals surface area contributed by atoms with Crippen molar-refractivity contribution in [2.75, 3.05) is 31.9 Å². The minimum atomic E-state index is -0.0858. The molecule has 146 valence electrons. The molecule has 0 radical (unpaired) electrons. The molecule has 3 aromatic rings. The zero-order chi connectivity index (χ0) is 19.9. The average molecular weight is 378 g/mol. The number of para-hydroxylation sites is 1. The smallest absolute Gasteiger partial charge is 0.251 e. The first-order chi connectivity index (χ1) is 13.6. The quantitative estimate of drug-likeness (QED) is 0.625. The van der Waals surface area contributed by atoms with E-state index in [1.807, 2.05) is 24.3 Å². The zero-order valence-corrected chi connectivity index (χ0v) is 16.3. The highest BCUT2D eigenvalue weighted by Crippen LogP contribution is 2.30. The van der Waals surface area contributed by atoms with Crippen LogP contribution in [0, 0.1) is 0 Å². The molecule has 0 aliphatic carbocycles. The average Bonchev–Trinajstić information content (AvgIpc) is 2.71. The summed E-state index contributed by atoms with van der Waals surface area (Å²) in [7, 11) is 0. The number of ether oxygens (including phenoxy) is 1.